The van der Waals surface area contributed by atoms with Crippen molar-refractivity contribution in [3.8, 4) is 0 Å². The molecule has 0 aliphatic carbocycles. The van der Waals surface area contributed by atoms with Crippen LogP contribution in [0.25, 0.3) is 0 Å². The average Bonchev–Trinajstić information content (AvgIpc) is 2.63. The summed E-state index contributed by atoms with van der Waals surface area (Å²) < 4.78 is 18.3. The molecule has 3 heteroatoms. The number of hydrogen-bond acceptors (Lipinski definition) is 3. The van der Waals surface area contributed by atoms with Crippen LogP contribution in [0.15, 0.2) is 60.7 Å². The van der Waals surface area contributed by atoms with Gasteiger partial charge in [0.25, 0.3) is 0 Å². The maximum absolute atomic E-state index is 6.65. The summed E-state index contributed by atoms with van der Waals surface area (Å²) in [5, 5.41) is 0. The average molecular weight is 367 g/mol. The predicted octanol–water partition coefficient (Wildman–Crippen LogP) is 4.58. The number of ether oxygens (including phenoxy) is 3. The van der Waals surface area contributed by atoms with Gasteiger partial charge in [-0.05, 0) is 49.7 Å². The van der Waals surface area contributed by atoms with E-state index in [2.05, 4.69) is 60.7 Å². The van der Waals surface area contributed by atoms with Gasteiger partial charge in [-0.15, -0.1) is 0 Å². The molecule has 0 saturated carbocycles. The molecule has 2 saturated heterocycles. The molecule has 2 heterocycles. The molecule has 27 heavy (non-hydrogen) atoms. The molecule has 2 aromatic carbocycles. The van der Waals surface area contributed by atoms with E-state index in [1.807, 2.05) is 0 Å². The molecular formula is C24H30O3. The molecule has 0 radical (unpaired) electrons. The minimum absolute atomic E-state index is 0.156. The van der Waals surface area contributed by atoms with Gasteiger partial charge in [-0.3, -0.25) is 0 Å². The molecule has 3 nitrogen and oxygen atoms in total. The van der Waals surface area contributed by atoms with E-state index in [4.69, 9.17) is 14.2 Å². The van der Waals surface area contributed by atoms with E-state index in [-0.39, 0.29) is 24.4 Å². The van der Waals surface area contributed by atoms with E-state index in [1.54, 1.807) is 0 Å². The molecule has 0 N–H and O–H groups in total. The van der Waals surface area contributed by atoms with Crippen molar-refractivity contribution in [2.75, 3.05) is 13.2 Å². The Balaban J connectivity index is 1.36. The van der Waals surface area contributed by atoms with Crippen molar-refractivity contribution in [3.63, 3.8) is 0 Å². The van der Waals surface area contributed by atoms with Gasteiger partial charge in [0.05, 0.1) is 24.4 Å². The fourth-order valence-electron chi connectivity index (χ4n) is 3.91. The lowest BCUT2D eigenvalue weighted by atomic mass is 9.96. The van der Waals surface area contributed by atoms with Gasteiger partial charge in [0.15, 0.2) is 0 Å². The first kappa shape index (κ1) is 18.7. The molecule has 4 atom stereocenters. The third-order valence-corrected chi connectivity index (χ3v) is 5.77. The minimum atomic E-state index is 0.156. The Morgan fingerprint density at radius 2 is 1.11 bits per heavy atom. The van der Waals surface area contributed by atoms with Crippen molar-refractivity contribution in [3.05, 3.63) is 71.8 Å². The molecule has 2 aromatic rings. The Morgan fingerprint density at radius 3 is 1.44 bits per heavy atom. The lowest BCUT2D eigenvalue weighted by molar-refractivity contribution is -0.201. The highest BCUT2D eigenvalue weighted by molar-refractivity contribution is 5.15. The second kappa shape index (κ2) is 9.50. The van der Waals surface area contributed by atoms with Crippen molar-refractivity contribution in [1.82, 2.24) is 0 Å². The molecule has 0 spiro atoms. The summed E-state index contributed by atoms with van der Waals surface area (Å²) in [7, 11) is 0. The van der Waals surface area contributed by atoms with Crippen LogP contribution in [0.1, 0.15) is 36.8 Å². The van der Waals surface area contributed by atoms with Gasteiger partial charge >= 0.3 is 0 Å². The van der Waals surface area contributed by atoms with Crippen LogP contribution in [-0.2, 0) is 27.1 Å². The Morgan fingerprint density at radius 1 is 0.704 bits per heavy atom. The second-order valence-electron chi connectivity index (χ2n) is 7.66. The summed E-state index contributed by atoms with van der Waals surface area (Å²) in [5.74, 6) is 0. The molecule has 2 fully saturated rings. The van der Waals surface area contributed by atoms with Gasteiger partial charge < -0.3 is 14.2 Å². The van der Waals surface area contributed by atoms with Crippen molar-refractivity contribution < 1.29 is 14.2 Å². The van der Waals surface area contributed by atoms with Crippen LogP contribution in [-0.4, -0.2) is 37.6 Å². The first-order valence-corrected chi connectivity index (χ1v) is 10.3. The summed E-state index contributed by atoms with van der Waals surface area (Å²) in [5.41, 5.74) is 2.73. The van der Waals surface area contributed by atoms with E-state index in [9.17, 15) is 0 Å². The van der Waals surface area contributed by atoms with Gasteiger partial charge in [-0.2, -0.15) is 0 Å². The summed E-state index contributed by atoms with van der Waals surface area (Å²) in [4.78, 5) is 0. The van der Waals surface area contributed by atoms with Crippen molar-refractivity contribution in [2.45, 2.75) is 62.9 Å². The van der Waals surface area contributed by atoms with Crippen LogP contribution in [0.4, 0.5) is 0 Å². The fraction of sp³-hybridized carbons (Fsp3) is 0.500. The number of rotatable bonds is 10. The molecule has 2 aliphatic heterocycles. The quantitative estimate of drug-likeness (QED) is 0.616. The Bertz CT molecular complexity index is 605. The topological polar surface area (TPSA) is 27.7 Å². The largest absolute Gasteiger partial charge is 0.375 e. The van der Waals surface area contributed by atoms with Gasteiger partial charge in [0, 0.05) is 13.2 Å². The molecule has 2 aliphatic rings. The third kappa shape index (κ3) is 5.19. The van der Waals surface area contributed by atoms with E-state index in [0.29, 0.717) is 0 Å². The SMILES string of the molecule is c1ccc(CCC(OC(CCc2ccccc2)C2CCO2)C2CCO2)cc1. The molecular weight excluding hydrogens is 336 g/mol. The van der Waals surface area contributed by atoms with Gasteiger partial charge in [-0.1, -0.05) is 60.7 Å². The lowest BCUT2D eigenvalue weighted by Gasteiger charge is -2.40. The molecule has 4 rings (SSSR count). The van der Waals surface area contributed by atoms with Crippen LogP contribution < -0.4 is 0 Å². The monoisotopic (exact) mass is 366 g/mol. The minimum Gasteiger partial charge on any atom is -0.375 e. The summed E-state index contributed by atoms with van der Waals surface area (Å²) in [6.07, 6.45) is 7.08. The Kier molecular flexibility index (Phi) is 6.57. The predicted molar refractivity (Wildman–Crippen MR) is 107 cm³/mol. The molecule has 0 aromatic heterocycles. The first-order chi connectivity index (χ1) is 13.4. The standard InChI is InChI=1S/C24H30O3/c1-3-7-19(8-4-1)11-13-23(21-15-17-25-21)27-24(22-16-18-26-22)14-12-20-9-5-2-6-10-20/h1-10,21-24H,11-18H2. The highest BCUT2D eigenvalue weighted by Gasteiger charge is 2.35. The smallest absolute Gasteiger partial charge is 0.0858 e. The molecule has 0 bridgehead atoms. The maximum atomic E-state index is 6.65. The number of aryl methyl sites for hydroxylation is 2. The van der Waals surface area contributed by atoms with E-state index in [1.165, 1.54) is 11.1 Å². The fourth-order valence-corrected chi connectivity index (χ4v) is 3.91. The molecule has 144 valence electrons. The van der Waals surface area contributed by atoms with Crippen LogP contribution in [0.5, 0.6) is 0 Å². The number of benzene rings is 2. The normalized spacial score (nSPS) is 23.9. The van der Waals surface area contributed by atoms with Crippen LogP contribution in [0, 0.1) is 0 Å². The van der Waals surface area contributed by atoms with Gasteiger partial charge in [0.1, 0.15) is 0 Å². The van der Waals surface area contributed by atoms with E-state index in [0.717, 1.165) is 51.7 Å². The van der Waals surface area contributed by atoms with Crippen molar-refractivity contribution in [2.24, 2.45) is 0 Å². The van der Waals surface area contributed by atoms with Crippen LogP contribution in [0.2, 0.25) is 0 Å². The zero-order valence-corrected chi connectivity index (χ0v) is 16.0. The van der Waals surface area contributed by atoms with E-state index < -0.39 is 0 Å². The molecule has 4 unspecified atom stereocenters. The highest BCUT2D eigenvalue weighted by atomic mass is 16.6. The first-order valence-electron chi connectivity index (χ1n) is 10.3. The van der Waals surface area contributed by atoms with Gasteiger partial charge in [0.2, 0.25) is 0 Å². The van der Waals surface area contributed by atoms with Crippen LogP contribution >= 0.6 is 0 Å². The Labute approximate surface area is 162 Å². The van der Waals surface area contributed by atoms with Crippen molar-refractivity contribution >= 4 is 0 Å². The Hall–Kier alpha value is -1.68. The highest BCUT2D eigenvalue weighted by Crippen LogP contribution is 2.28. The van der Waals surface area contributed by atoms with Crippen molar-refractivity contribution in [1.29, 1.82) is 0 Å². The summed E-state index contributed by atoms with van der Waals surface area (Å²) in [6, 6.07) is 21.3. The second-order valence-corrected chi connectivity index (χ2v) is 7.66. The van der Waals surface area contributed by atoms with Gasteiger partial charge in [-0.25, -0.2) is 0 Å². The van der Waals surface area contributed by atoms with E-state index >= 15 is 0 Å². The zero-order valence-electron chi connectivity index (χ0n) is 16.0. The molecule has 0 amide bonds. The summed E-state index contributed by atoms with van der Waals surface area (Å²) >= 11 is 0. The maximum Gasteiger partial charge on any atom is 0.0858 e. The number of hydrogen-bond donors (Lipinski definition) is 0. The zero-order chi connectivity index (χ0) is 18.3. The van der Waals surface area contributed by atoms with Crippen LogP contribution in [0.3, 0.4) is 0 Å². The lowest BCUT2D eigenvalue weighted by Crippen LogP contribution is -2.47. The third-order valence-electron chi connectivity index (χ3n) is 5.77. The summed E-state index contributed by atoms with van der Waals surface area (Å²) in [6.45, 7) is 1.73.